The number of β-lactam (4-membered cyclic amide) rings is 1. The van der Waals surface area contributed by atoms with E-state index in [1.54, 1.807) is 10.3 Å². The Labute approximate surface area is 255 Å². The molecule has 0 spiro atoms. The highest BCUT2D eigenvalue weighted by molar-refractivity contribution is 8.00. The number of likely N-dealkylation sites (tertiary alicyclic amines) is 1. The van der Waals surface area contributed by atoms with Gasteiger partial charge in [-0.1, -0.05) is 5.16 Å². The number of rotatable bonds is 8. The van der Waals surface area contributed by atoms with Crippen LogP contribution in [-0.4, -0.2) is 105 Å². The molecule has 4 N–H and O–H groups in total. The van der Waals surface area contributed by atoms with E-state index in [2.05, 4.69) is 15.5 Å². The maximum absolute atomic E-state index is 13.3. The second-order valence-electron chi connectivity index (χ2n) is 11.0. The zero-order valence-corrected chi connectivity index (χ0v) is 25.4. The number of amides is 3. The Kier molecular flexibility index (Phi) is 7.97. The third-order valence-corrected chi connectivity index (χ3v) is 11.9. The van der Waals surface area contributed by atoms with Gasteiger partial charge in [0.25, 0.3) is 11.8 Å². The fourth-order valence-electron chi connectivity index (χ4n) is 6.03. The Morgan fingerprint density at radius 1 is 1.23 bits per heavy atom. The summed E-state index contributed by atoms with van der Waals surface area (Å²) >= 11 is 2.40. The zero-order valence-electron chi connectivity index (χ0n) is 22.9. The molecule has 1 aliphatic carbocycles. The summed E-state index contributed by atoms with van der Waals surface area (Å²) in [5.41, 5.74) is 6.29. The zero-order chi connectivity index (χ0) is 30.5. The molecule has 1 aromatic rings. The smallest absolute Gasteiger partial charge is 0.352 e. The van der Waals surface area contributed by atoms with Crippen molar-refractivity contribution < 1.29 is 37.5 Å². The van der Waals surface area contributed by atoms with Crippen molar-refractivity contribution in [3.05, 3.63) is 34.0 Å². The number of carboxylic acid groups (broad SMARTS) is 1. The van der Waals surface area contributed by atoms with Gasteiger partial charge < -0.3 is 25.9 Å². The highest BCUT2D eigenvalue weighted by Gasteiger charge is 2.54. The van der Waals surface area contributed by atoms with E-state index < -0.39 is 39.0 Å². The van der Waals surface area contributed by atoms with Gasteiger partial charge in [-0.3, -0.25) is 19.3 Å². The summed E-state index contributed by atoms with van der Waals surface area (Å²) in [6.07, 6.45) is 5.77. The number of oxime groups is 1. The van der Waals surface area contributed by atoms with Crippen molar-refractivity contribution in [2.45, 2.75) is 62.1 Å². The summed E-state index contributed by atoms with van der Waals surface area (Å²) < 4.78 is 23.8. The molecular weight excluding hydrogens is 621 g/mol. The number of carbonyl (C=O) groups excluding carboxylic acids is 3. The Bertz CT molecular complexity index is 1580. The largest absolute Gasteiger partial charge is 0.477 e. The number of thiazole rings is 1. The number of thioether (sulfide) groups is 1. The summed E-state index contributed by atoms with van der Waals surface area (Å²) in [7, 11) is -3.18. The number of nitrogens with two attached hydrogens (primary N) is 1. The van der Waals surface area contributed by atoms with Crippen molar-refractivity contribution in [1.82, 2.24) is 20.1 Å². The van der Waals surface area contributed by atoms with Gasteiger partial charge in [-0.2, -0.15) is 0 Å². The number of nitrogen functional groups attached to an aromatic ring is 1. The van der Waals surface area contributed by atoms with E-state index in [1.165, 1.54) is 17.8 Å². The molecule has 0 radical (unpaired) electrons. The monoisotopic (exact) mass is 650 g/mol. The van der Waals surface area contributed by atoms with Gasteiger partial charge in [0, 0.05) is 29.3 Å². The molecule has 3 atom stereocenters. The fourth-order valence-corrected chi connectivity index (χ4v) is 9.62. The summed E-state index contributed by atoms with van der Waals surface area (Å²) in [4.78, 5) is 64.4. The molecule has 5 heterocycles. The van der Waals surface area contributed by atoms with Crippen LogP contribution in [0.1, 0.15) is 44.2 Å². The number of fused-ring (bicyclic) bond motifs is 1. The molecule has 0 bridgehead atoms. The van der Waals surface area contributed by atoms with Crippen molar-refractivity contribution in [2.24, 2.45) is 5.16 Å². The quantitative estimate of drug-likeness (QED) is 0.153. The van der Waals surface area contributed by atoms with E-state index in [0.717, 1.165) is 41.9 Å². The number of aromatic nitrogens is 1. The number of allylic oxidation sites excluding steroid dienone is 1. The first-order valence-corrected chi connectivity index (χ1v) is 17.7. The molecule has 0 aromatic carbocycles. The van der Waals surface area contributed by atoms with Crippen LogP contribution in [0, 0.1) is 0 Å². The van der Waals surface area contributed by atoms with Crippen LogP contribution < -0.4 is 11.1 Å². The number of sulfone groups is 1. The Hall–Kier alpha value is -3.44. The summed E-state index contributed by atoms with van der Waals surface area (Å²) in [6, 6.07) is -1.40. The van der Waals surface area contributed by atoms with Gasteiger partial charge in [0.1, 0.15) is 28.9 Å². The van der Waals surface area contributed by atoms with Gasteiger partial charge in [0.2, 0.25) is 5.91 Å². The topological polar surface area (TPSA) is 202 Å². The lowest BCUT2D eigenvalue weighted by Gasteiger charge is -2.49. The first kappa shape index (κ1) is 29.6. The Morgan fingerprint density at radius 3 is 2.65 bits per heavy atom. The van der Waals surface area contributed by atoms with Crippen molar-refractivity contribution in [1.29, 1.82) is 0 Å². The molecule has 14 nitrogen and oxygen atoms in total. The van der Waals surface area contributed by atoms with Crippen molar-refractivity contribution in [3.8, 4) is 0 Å². The van der Waals surface area contributed by atoms with Crippen molar-refractivity contribution in [3.63, 3.8) is 0 Å². The van der Waals surface area contributed by atoms with E-state index >= 15 is 0 Å². The molecule has 4 aliphatic heterocycles. The Morgan fingerprint density at radius 2 is 2.00 bits per heavy atom. The summed E-state index contributed by atoms with van der Waals surface area (Å²) in [5, 5.41) is 17.9. The number of nitrogens with zero attached hydrogens (tertiary/aromatic N) is 4. The predicted octanol–water partition coefficient (Wildman–Crippen LogP) is 0.473. The van der Waals surface area contributed by atoms with Crippen molar-refractivity contribution >= 4 is 67.5 Å². The van der Waals surface area contributed by atoms with Gasteiger partial charge in [-0.05, 0) is 50.2 Å². The molecule has 1 saturated carbocycles. The van der Waals surface area contributed by atoms with Crippen LogP contribution >= 0.6 is 23.1 Å². The third-order valence-electron chi connectivity index (χ3n) is 8.22. The van der Waals surface area contributed by atoms with Crippen LogP contribution in [0.15, 0.2) is 33.5 Å². The summed E-state index contributed by atoms with van der Waals surface area (Å²) in [6.45, 7) is 0.353. The number of anilines is 1. The maximum Gasteiger partial charge on any atom is 0.352 e. The van der Waals surface area contributed by atoms with Crippen LogP contribution in [-0.2, 0) is 33.9 Å². The number of hydrogen-bond donors (Lipinski definition) is 3. The average molecular weight is 651 g/mol. The van der Waals surface area contributed by atoms with E-state index in [-0.39, 0.29) is 57.5 Å². The van der Waals surface area contributed by atoms with E-state index in [4.69, 9.17) is 10.6 Å². The first-order chi connectivity index (χ1) is 20.5. The molecule has 1 aromatic heterocycles. The third kappa shape index (κ3) is 5.76. The van der Waals surface area contributed by atoms with Gasteiger partial charge in [0.15, 0.2) is 20.7 Å². The van der Waals surface area contributed by atoms with Gasteiger partial charge in [-0.15, -0.1) is 23.1 Å². The second kappa shape index (κ2) is 11.6. The minimum atomic E-state index is -3.18. The molecule has 3 amide bonds. The lowest BCUT2D eigenvalue weighted by Crippen LogP contribution is -2.71. The number of nitrogens with one attached hydrogen (secondary N) is 1. The lowest BCUT2D eigenvalue weighted by molar-refractivity contribution is -0.150. The molecule has 6 rings (SSSR count). The van der Waals surface area contributed by atoms with E-state index in [1.807, 2.05) is 0 Å². The SMILES string of the molecule is Nc1nc(/C(=N/OC2CCCC2)C(=O)N[C@@H]2C(=O)N3C(C(=O)O)=C(C=C4CCN(C5CCS(=O)(=O)C5)C4=O)CS[C@H]23)cs1. The van der Waals surface area contributed by atoms with E-state index in [9.17, 15) is 32.7 Å². The summed E-state index contributed by atoms with van der Waals surface area (Å²) in [5.74, 6) is -2.79. The number of aliphatic carboxylic acids is 1. The highest BCUT2D eigenvalue weighted by atomic mass is 32.2. The maximum atomic E-state index is 13.3. The number of carbonyl (C=O) groups is 4. The molecule has 43 heavy (non-hydrogen) atoms. The van der Waals surface area contributed by atoms with Gasteiger partial charge >= 0.3 is 5.97 Å². The molecule has 17 heteroatoms. The predicted molar refractivity (Wildman–Crippen MR) is 158 cm³/mol. The molecular formula is C26H30N6O8S3. The highest BCUT2D eigenvalue weighted by Crippen LogP contribution is 2.41. The molecule has 5 aliphatic rings. The molecule has 1 unspecified atom stereocenters. The van der Waals surface area contributed by atoms with Crippen LogP contribution in [0.25, 0.3) is 0 Å². The average Bonchev–Trinajstić information content (AvgIpc) is 3.77. The first-order valence-electron chi connectivity index (χ1n) is 13.9. The number of hydrogen-bond acceptors (Lipinski definition) is 12. The normalized spacial score (nSPS) is 28.4. The van der Waals surface area contributed by atoms with Crippen LogP contribution in [0.4, 0.5) is 5.13 Å². The van der Waals surface area contributed by atoms with Crippen LogP contribution in [0.3, 0.4) is 0 Å². The molecule has 3 saturated heterocycles. The van der Waals surface area contributed by atoms with Gasteiger partial charge in [0.05, 0.1) is 11.5 Å². The number of carboxylic acids is 1. The lowest BCUT2D eigenvalue weighted by atomic mass is 10.0. The Balaban J connectivity index is 1.18. The fraction of sp³-hybridized carbons (Fsp3) is 0.538. The van der Waals surface area contributed by atoms with Crippen molar-refractivity contribution in [2.75, 3.05) is 29.5 Å². The second-order valence-corrected chi connectivity index (χ2v) is 15.3. The standard InChI is InChI=1S/C26H30N6O8S3/c27-26-28-17(11-42-26)18(30-40-16-3-1-2-4-16)21(33)29-19-23(35)32-20(25(36)37)14(10-41-24(19)32)9-13-5-7-31(22(13)34)15-6-8-43(38,39)12-15/h9,11,15-16,19,24H,1-8,10,12H2,(H2,27,28)(H,29,33)(H,36,37)/b13-9?,30-18-/t15?,19-,24-/m1/s1. The van der Waals surface area contributed by atoms with E-state index in [0.29, 0.717) is 30.5 Å². The van der Waals surface area contributed by atoms with Gasteiger partial charge in [-0.25, -0.2) is 18.2 Å². The molecule has 230 valence electrons. The van der Waals surface area contributed by atoms with Crippen LogP contribution in [0.2, 0.25) is 0 Å². The molecule has 4 fully saturated rings. The van der Waals surface area contributed by atoms with Crippen LogP contribution in [0.5, 0.6) is 0 Å². The minimum absolute atomic E-state index is 0.0420. The minimum Gasteiger partial charge on any atom is -0.477 e.